The molecular formula is C20H23NO4. The standard InChI is InChI=1S/C20H23NO4/c1-14-10-18-19(25-9-8-24-18)12-16(14)13-20(22)21-7-6-15-4-3-5-17(11-15)23-2/h3-5,10-12H,6-9,13H2,1-2H3,(H,21,22). The fraction of sp³-hybridized carbons (Fsp3) is 0.350. The highest BCUT2D eigenvalue weighted by Crippen LogP contribution is 2.33. The van der Waals surface area contributed by atoms with Crippen molar-refractivity contribution >= 4 is 5.91 Å². The van der Waals surface area contributed by atoms with Gasteiger partial charge in [-0.3, -0.25) is 4.79 Å². The first-order chi connectivity index (χ1) is 12.2. The number of carbonyl (C=O) groups excluding carboxylic acids is 1. The summed E-state index contributed by atoms with van der Waals surface area (Å²) in [6, 6.07) is 11.7. The molecule has 132 valence electrons. The first-order valence-corrected chi connectivity index (χ1v) is 8.44. The van der Waals surface area contributed by atoms with Crippen LogP contribution in [0.2, 0.25) is 0 Å². The van der Waals surface area contributed by atoms with E-state index < -0.39 is 0 Å². The molecular weight excluding hydrogens is 318 g/mol. The number of hydrogen-bond acceptors (Lipinski definition) is 4. The summed E-state index contributed by atoms with van der Waals surface area (Å²) in [6.45, 7) is 3.69. The minimum atomic E-state index is 0.00248. The minimum absolute atomic E-state index is 0.00248. The number of rotatable bonds is 6. The molecule has 1 amide bonds. The first-order valence-electron chi connectivity index (χ1n) is 8.44. The van der Waals surface area contributed by atoms with Crippen LogP contribution in [0.15, 0.2) is 36.4 Å². The van der Waals surface area contributed by atoms with Gasteiger partial charge in [0.2, 0.25) is 5.91 Å². The molecule has 0 aromatic heterocycles. The predicted octanol–water partition coefficient (Wildman–Crippen LogP) is 2.68. The number of methoxy groups -OCH3 is 1. The number of benzene rings is 2. The van der Waals surface area contributed by atoms with Crippen molar-refractivity contribution in [3.63, 3.8) is 0 Å². The van der Waals surface area contributed by atoms with Gasteiger partial charge in [-0.05, 0) is 54.3 Å². The van der Waals surface area contributed by atoms with Crippen molar-refractivity contribution in [1.29, 1.82) is 0 Å². The van der Waals surface area contributed by atoms with Crippen LogP contribution in [0.1, 0.15) is 16.7 Å². The molecule has 0 fully saturated rings. The van der Waals surface area contributed by atoms with Gasteiger partial charge in [0.15, 0.2) is 11.5 Å². The zero-order chi connectivity index (χ0) is 17.6. The van der Waals surface area contributed by atoms with Crippen molar-refractivity contribution in [3.8, 4) is 17.2 Å². The van der Waals surface area contributed by atoms with Crippen molar-refractivity contribution in [3.05, 3.63) is 53.1 Å². The molecule has 1 aliphatic heterocycles. The van der Waals surface area contributed by atoms with Crippen LogP contribution in [0.25, 0.3) is 0 Å². The molecule has 1 heterocycles. The second-order valence-electron chi connectivity index (χ2n) is 6.05. The number of amides is 1. The van der Waals surface area contributed by atoms with Gasteiger partial charge in [0.25, 0.3) is 0 Å². The van der Waals surface area contributed by atoms with Crippen LogP contribution < -0.4 is 19.5 Å². The Kier molecular flexibility index (Phi) is 5.43. The van der Waals surface area contributed by atoms with Crippen LogP contribution in [0.5, 0.6) is 17.2 Å². The summed E-state index contributed by atoms with van der Waals surface area (Å²) < 4.78 is 16.4. The maximum absolute atomic E-state index is 12.2. The van der Waals surface area contributed by atoms with Crippen LogP contribution in [-0.2, 0) is 17.6 Å². The molecule has 2 aromatic rings. The van der Waals surface area contributed by atoms with Crippen LogP contribution >= 0.6 is 0 Å². The van der Waals surface area contributed by atoms with E-state index in [4.69, 9.17) is 14.2 Å². The summed E-state index contributed by atoms with van der Waals surface area (Å²) in [5.74, 6) is 2.31. The molecule has 0 saturated carbocycles. The van der Waals surface area contributed by atoms with Crippen LogP contribution in [0.3, 0.4) is 0 Å². The van der Waals surface area contributed by atoms with Crippen molar-refractivity contribution < 1.29 is 19.0 Å². The van der Waals surface area contributed by atoms with E-state index in [1.54, 1.807) is 7.11 Å². The second kappa shape index (κ2) is 7.92. The number of carbonyl (C=O) groups is 1. The van der Waals surface area contributed by atoms with Crippen LogP contribution in [0, 0.1) is 6.92 Å². The predicted molar refractivity (Wildman–Crippen MR) is 95.6 cm³/mol. The van der Waals surface area contributed by atoms with Crippen molar-refractivity contribution in [2.45, 2.75) is 19.8 Å². The Morgan fingerprint density at radius 1 is 1.16 bits per heavy atom. The SMILES string of the molecule is COc1cccc(CCNC(=O)Cc2cc3c(cc2C)OCCO3)c1. The van der Waals surface area contributed by atoms with Gasteiger partial charge in [-0.15, -0.1) is 0 Å². The highest BCUT2D eigenvalue weighted by atomic mass is 16.6. The van der Waals surface area contributed by atoms with E-state index in [9.17, 15) is 4.79 Å². The number of ether oxygens (including phenoxy) is 3. The third kappa shape index (κ3) is 4.44. The van der Waals surface area contributed by atoms with E-state index in [0.717, 1.165) is 40.4 Å². The Hall–Kier alpha value is -2.69. The van der Waals surface area contributed by atoms with Gasteiger partial charge < -0.3 is 19.5 Å². The van der Waals surface area contributed by atoms with Gasteiger partial charge in [0, 0.05) is 6.54 Å². The van der Waals surface area contributed by atoms with Crippen LogP contribution in [-0.4, -0.2) is 32.8 Å². The topological polar surface area (TPSA) is 56.8 Å². The van der Waals surface area contributed by atoms with Gasteiger partial charge >= 0.3 is 0 Å². The van der Waals surface area contributed by atoms with E-state index in [1.165, 1.54) is 0 Å². The summed E-state index contributed by atoms with van der Waals surface area (Å²) >= 11 is 0. The quantitative estimate of drug-likeness (QED) is 0.878. The lowest BCUT2D eigenvalue weighted by Crippen LogP contribution is -2.27. The summed E-state index contributed by atoms with van der Waals surface area (Å²) in [7, 11) is 1.65. The molecule has 3 rings (SSSR count). The molecule has 0 saturated heterocycles. The number of hydrogen-bond donors (Lipinski definition) is 1. The van der Waals surface area contributed by atoms with Crippen molar-refractivity contribution in [1.82, 2.24) is 5.32 Å². The molecule has 5 heteroatoms. The van der Waals surface area contributed by atoms with Gasteiger partial charge in [-0.1, -0.05) is 12.1 Å². The Balaban J connectivity index is 1.54. The maximum Gasteiger partial charge on any atom is 0.224 e. The monoisotopic (exact) mass is 341 g/mol. The smallest absolute Gasteiger partial charge is 0.224 e. The molecule has 0 atom stereocenters. The summed E-state index contributed by atoms with van der Waals surface area (Å²) in [4.78, 5) is 12.2. The highest BCUT2D eigenvalue weighted by molar-refractivity contribution is 5.79. The lowest BCUT2D eigenvalue weighted by atomic mass is 10.0. The van der Waals surface area contributed by atoms with Crippen LogP contribution in [0.4, 0.5) is 0 Å². The molecule has 0 bridgehead atoms. The number of nitrogens with one attached hydrogen (secondary N) is 1. The molecule has 0 aliphatic carbocycles. The molecule has 0 spiro atoms. The molecule has 0 radical (unpaired) electrons. The Morgan fingerprint density at radius 2 is 1.92 bits per heavy atom. The fourth-order valence-electron chi connectivity index (χ4n) is 2.83. The molecule has 2 aromatic carbocycles. The van der Waals surface area contributed by atoms with Gasteiger partial charge in [-0.25, -0.2) is 0 Å². The summed E-state index contributed by atoms with van der Waals surface area (Å²) in [6.07, 6.45) is 1.10. The van der Waals surface area contributed by atoms with Gasteiger partial charge in [-0.2, -0.15) is 0 Å². The van der Waals surface area contributed by atoms with Crippen molar-refractivity contribution in [2.24, 2.45) is 0 Å². The lowest BCUT2D eigenvalue weighted by Gasteiger charge is -2.20. The second-order valence-corrected chi connectivity index (χ2v) is 6.05. The largest absolute Gasteiger partial charge is 0.497 e. The van der Waals surface area contributed by atoms with Gasteiger partial charge in [0.1, 0.15) is 19.0 Å². The van der Waals surface area contributed by atoms with E-state index >= 15 is 0 Å². The number of fused-ring (bicyclic) bond motifs is 1. The Bertz CT molecular complexity index is 757. The zero-order valence-corrected chi connectivity index (χ0v) is 14.6. The lowest BCUT2D eigenvalue weighted by molar-refractivity contribution is -0.120. The molecule has 5 nitrogen and oxygen atoms in total. The fourth-order valence-corrected chi connectivity index (χ4v) is 2.83. The highest BCUT2D eigenvalue weighted by Gasteiger charge is 2.15. The van der Waals surface area contributed by atoms with Crippen molar-refractivity contribution in [2.75, 3.05) is 26.9 Å². The molecule has 0 unspecified atom stereocenters. The normalized spacial score (nSPS) is 12.6. The Morgan fingerprint density at radius 3 is 2.68 bits per heavy atom. The third-order valence-corrected chi connectivity index (χ3v) is 4.22. The van der Waals surface area contributed by atoms with E-state index in [0.29, 0.717) is 26.2 Å². The minimum Gasteiger partial charge on any atom is -0.497 e. The van der Waals surface area contributed by atoms with Gasteiger partial charge in [0.05, 0.1) is 13.5 Å². The summed E-state index contributed by atoms with van der Waals surface area (Å²) in [5.41, 5.74) is 3.13. The average molecular weight is 341 g/mol. The Labute approximate surface area is 147 Å². The maximum atomic E-state index is 12.2. The van der Waals surface area contributed by atoms with E-state index in [1.807, 2.05) is 43.3 Å². The number of aryl methyl sites for hydroxylation is 1. The first kappa shape index (κ1) is 17.1. The third-order valence-electron chi connectivity index (χ3n) is 4.22. The average Bonchev–Trinajstić information content (AvgIpc) is 2.62. The van der Waals surface area contributed by atoms with E-state index in [-0.39, 0.29) is 5.91 Å². The summed E-state index contributed by atoms with van der Waals surface area (Å²) in [5, 5.41) is 2.97. The molecule has 25 heavy (non-hydrogen) atoms. The van der Waals surface area contributed by atoms with E-state index in [2.05, 4.69) is 5.32 Å². The molecule has 1 aliphatic rings. The zero-order valence-electron chi connectivity index (χ0n) is 14.6. The molecule has 1 N–H and O–H groups in total.